The van der Waals surface area contributed by atoms with E-state index >= 15 is 0 Å². The van der Waals surface area contributed by atoms with E-state index in [1.807, 2.05) is 6.08 Å². The van der Waals surface area contributed by atoms with Crippen LogP contribution in [0.5, 0.6) is 0 Å². The Hall–Kier alpha value is -2.75. The molecule has 290 valence electrons. The van der Waals surface area contributed by atoms with E-state index in [0.29, 0.717) is 48.2 Å². The number of carbonyl (C=O) groups is 2. The Bertz CT molecular complexity index is 1660. The standard InChI is InChI=1S/C49H71NO3/c1-12-15-42(50-30-32(6)35-18-16-34(13-2)17-19-35)49-27-23-38-36(45(49)44(31(4)5)39(51)28-49)20-21-41-47(10)26-24-40(53-43(52)29-46(8,9)14-3)33(7)37(47)22-25-48(38,41)11/h14,16-19,30-31,33,36-38,40-41H,3,12-13,15,20-29H2,1-2,4-11H3/b32-30+,50-42?. The highest BCUT2D eigenvalue weighted by molar-refractivity contribution is 6.09. The van der Waals surface area contributed by atoms with Crippen LogP contribution in [0.15, 0.2) is 59.3 Å². The molecule has 0 radical (unpaired) electrons. The number of rotatable bonds is 11. The molecule has 0 N–H and O–H groups in total. The number of nitrogens with zero attached hydrogens (tertiary/aromatic N) is 1. The normalized spacial score (nSPS) is 36.1. The van der Waals surface area contributed by atoms with Crippen molar-refractivity contribution in [3.63, 3.8) is 0 Å². The number of esters is 1. The van der Waals surface area contributed by atoms with Crippen molar-refractivity contribution >= 4 is 23.0 Å². The minimum atomic E-state index is -0.249. The molecule has 0 bridgehead atoms. The summed E-state index contributed by atoms with van der Waals surface area (Å²) in [5.41, 5.74) is 7.66. The average molecular weight is 722 g/mol. The average Bonchev–Trinajstić information content (AvgIpc) is 3.44. The van der Waals surface area contributed by atoms with E-state index in [4.69, 9.17) is 9.73 Å². The van der Waals surface area contributed by atoms with E-state index in [1.165, 1.54) is 60.1 Å². The molecule has 4 heteroatoms. The first-order valence-corrected chi connectivity index (χ1v) is 21.5. The Morgan fingerprint density at radius 1 is 1.00 bits per heavy atom. The quantitative estimate of drug-likeness (QED) is 0.130. The van der Waals surface area contributed by atoms with Crippen molar-refractivity contribution < 1.29 is 14.3 Å². The topological polar surface area (TPSA) is 55.7 Å². The molecular formula is C49H71NO3. The fourth-order valence-corrected chi connectivity index (χ4v) is 13.0. The molecule has 9 unspecified atom stereocenters. The smallest absolute Gasteiger partial charge is 0.306 e. The van der Waals surface area contributed by atoms with Crippen LogP contribution in [0.2, 0.25) is 0 Å². The lowest BCUT2D eigenvalue weighted by atomic mass is 9.38. The van der Waals surface area contributed by atoms with E-state index in [-0.39, 0.29) is 39.7 Å². The third-order valence-corrected chi connectivity index (χ3v) is 15.8. The molecule has 5 aliphatic rings. The van der Waals surface area contributed by atoms with Gasteiger partial charge in [-0.15, -0.1) is 6.58 Å². The summed E-state index contributed by atoms with van der Waals surface area (Å²) >= 11 is 0. The maximum Gasteiger partial charge on any atom is 0.306 e. The van der Waals surface area contributed by atoms with E-state index in [1.54, 1.807) is 0 Å². The molecule has 53 heavy (non-hydrogen) atoms. The minimum absolute atomic E-state index is 0.00472. The zero-order valence-corrected chi connectivity index (χ0v) is 35.1. The molecule has 4 fully saturated rings. The van der Waals surface area contributed by atoms with Crippen LogP contribution in [0.3, 0.4) is 0 Å². The molecule has 0 aliphatic heterocycles. The van der Waals surface area contributed by atoms with Gasteiger partial charge < -0.3 is 4.74 Å². The Labute approximate surface area is 322 Å². The van der Waals surface area contributed by atoms with E-state index < -0.39 is 0 Å². The monoisotopic (exact) mass is 722 g/mol. The molecule has 1 aromatic rings. The highest BCUT2D eigenvalue weighted by Crippen LogP contribution is 2.72. The molecule has 0 amide bonds. The van der Waals surface area contributed by atoms with Gasteiger partial charge in [0.05, 0.1) is 6.42 Å². The number of hydrogen-bond acceptors (Lipinski definition) is 4. The Morgan fingerprint density at radius 2 is 1.66 bits per heavy atom. The number of aryl methyl sites for hydroxylation is 1. The van der Waals surface area contributed by atoms with Crippen LogP contribution in [0.4, 0.5) is 0 Å². The lowest BCUT2D eigenvalue weighted by molar-refractivity contribution is -0.190. The van der Waals surface area contributed by atoms with Crippen LogP contribution in [0, 0.1) is 57.2 Å². The van der Waals surface area contributed by atoms with Crippen molar-refractivity contribution in [3.8, 4) is 0 Å². The van der Waals surface area contributed by atoms with Crippen LogP contribution in [-0.2, 0) is 20.7 Å². The highest BCUT2D eigenvalue weighted by atomic mass is 16.5. The first-order chi connectivity index (χ1) is 25.0. The number of ketones is 1. The molecule has 1 aromatic carbocycles. The van der Waals surface area contributed by atoms with Gasteiger partial charge in [0, 0.05) is 23.7 Å². The van der Waals surface area contributed by atoms with Gasteiger partial charge >= 0.3 is 5.97 Å². The summed E-state index contributed by atoms with van der Waals surface area (Å²) in [6.07, 6.45) is 17.1. The van der Waals surface area contributed by atoms with E-state index in [2.05, 4.69) is 106 Å². The number of ether oxygens (including phenoxy) is 1. The summed E-state index contributed by atoms with van der Waals surface area (Å²) in [6, 6.07) is 8.91. The van der Waals surface area contributed by atoms with Gasteiger partial charge in [-0.05, 0) is 151 Å². The number of benzene rings is 1. The molecule has 4 nitrogen and oxygen atoms in total. The summed E-state index contributed by atoms with van der Waals surface area (Å²) in [4.78, 5) is 32.7. The van der Waals surface area contributed by atoms with Gasteiger partial charge in [0.2, 0.25) is 0 Å². The fraction of sp³-hybridized carbons (Fsp3) is 0.694. The van der Waals surface area contributed by atoms with Crippen molar-refractivity contribution in [3.05, 3.63) is 65.4 Å². The molecule has 0 aromatic heterocycles. The fourth-order valence-electron chi connectivity index (χ4n) is 13.0. The van der Waals surface area contributed by atoms with E-state index in [0.717, 1.165) is 44.1 Å². The Kier molecular flexibility index (Phi) is 11.3. The molecule has 0 heterocycles. The molecule has 9 atom stereocenters. The summed E-state index contributed by atoms with van der Waals surface area (Å²) in [6.45, 7) is 26.8. The number of Topliss-reactive ketones (excluding diaryl/α,β-unsaturated/α-hetero) is 1. The molecule has 0 spiro atoms. The Morgan fingerprint density at radius 3 is 2.30 bits per heavy atom. The Balaban J connectivity index is 1.30. The van der Waals surface area contributed by atoms with Crippen molar-refractivity contribution in [2.75, 3.05) is 0 Å². The van der Waals surface area contributed by atoms with Crippen molar-refractivity contribution in [2.24, 2.45) is 62.2 Å². The first-order valence-electron chi connectivity index (χ1n) is 21.5. The van der Waals surface area contributed by atoms with Gasteiger partial charge in [-0.2, -0.15) is 0 Å². The summed E-state index contributed by atoms with van der Waals surface area (Å²) in [5.74, 6) is 3.15. The van der Waals surface area contributed by atoms with Gasteiger partial charge in [0.1, 0.15) is 6.10 Å². The third-order valence-electron chi connectivity index (χ3n) is 15.8. The molecule has 4 saturated carbocycles. The van der Waals surface area contributed by atoms with Crippen LogP contribution in [0.1, 0.15) is 157 Å². The van der Waals surface area contributed by atoms with Gasteiger partial charge in [0.25, 0.3) is 0 Å². The summed E-state index contributed by atoms with van der Waals surface area (Å²) < 4.78 is 6.26. The summed E-state index contributed by atoms with van der Waals surface area (Å²) in [7, 11) is 0. The minimum Gasteiger partial charge on any atom is -0.462 e. The van der Waals surface area contributed by atoms with E-state index in [9.17, 15) is 9.59 Å². The zero-order chi connectivity index (χ0) is 38.5. The zero-order valence-electron chi connectivity index (χ0n) is 35.1. The van der Waals surface area contributed by atoms with Gasteiger partial charge in [-0.3, -0.25) is 14.6 Å². The number of aliphatic imine (C=N–C) groups is 1. The van der Waals surface area contributed by atoms with Crippen LogP contribution >= 0.6 is 0 Å². The number of allylic oxidation sites excluding steroid dienone is 4. The number of hydrogen-bond donors (Lipinski definition) is 0. The van der Waals surface area contributed by atoms with Gasteiger partial charge in [0.15, 0.2) is 5.78 Å². The van der Waals surface area contributed by atoms with Crippen LogP contribution < -0.4 is 0 Å². The number of carbonyl (C=O) groups excluding carboxylic acids is 2. The van der Waals surface area contributed by atoms with Crippen LogP contribution in [-0.4, -0.2) is 23.6 Å². The van der Waals surface area contributed by atoms with Gasteiger partial charge in [-0.1, -0.05) is 99.1 Å². The molecule has 6 rings (SSSR count). The van der Waals surface area contributed by atoms with Crippen molar-refractivity contribution in [1.29, 1.82) is 0 Å². The van der Waals surface area contributed by atoms with Gasteiger partial charge in [-0.25, -0.2) is 0 Å². The molecule has 5 aliphatic carbocycles. The van der Waals surface area contributed by atoms with Crippen molar-refractivity contribution in [1.82, 2.24) is 0 Å². The predicted octanol–water partition coefficient (Wildman–Crippen LogP) is 12.6. The molecular weight excluding hydrogens is 651 g/mol. The second kappa shape index (κ2) is 15.1. The highest BCUT2D eigenvalue weighted by Gasteiger charge is 2.65. The predicted molar refractivity (Wildman–Crippen MR) is 220 cm³/mol. The second-order valence-electron chi connectivity index (χ2n) is 19.7. The van der Waals surface area contributed by atoms with Crippen LogP contribution in [0.25, 0.3) is 5.57 Å². The SMILES string of the molecule is C=CC(C)(C)CC(=O)OC1CCC2(C)C(CCC3(C)C4CCC5(C(CCC)=N/C=C(\C)c6ccc(CC)cc6)CC(=O)C(C(C)C)=C5C4CCC32)C1C. The largest absolute Gasteiger partial charge is 0.462 e. The maximum atomic E-state index is 14.3. The van der Waals surface area contributed by atoms with Crippen molar-refractivity contribution in [2.45, 2.75) is 159 Å². The molecule has 0 saturated heterocycles. The number of fused-ring (bicyclic) bond motifs is 7. The lowest BCUT2D eigenvalue weighted by Crippen LogP contribution is -2.61. The maximum absolute atomic E-state index is 14.3. The second-order valence-corrected chi connectivity index (χ2v) is 19.7. The first kappa shape index (κ1) is 39.9. The lowest BCUT2D eigenvalue weighted by Gasteiger charge is -2.67. The third kappa shape index (κ3) is 7.01. The summed E-state index contributed by atoms with van der Waals surface area (Å²) in [5, 5.41) is 0.